The number of hydrogen-bond donors (Lipinski definition) is 0. The van der Waals surface area contributed by atoms with E-state index in [0.717, 1.165) is 18.9 Å². The Balaban J connectivity index is 3.88. The molecule has 0 atom stereocenters. The Morgan fingerprint density at radius 1 is 1.28 bits per heavy atom. The van der Waals surface area contributed by atoms with Crippen molar-refractivity contribution >= 4 is 12.1 Å². The minimum atomic E-state index is -1.36. The van der Waals surface area contributed by atoms with Crippen molar-refractivity contribution in [2.24, 2.45) is 0 Å². The van der Waals surface area contributed by atoms with E-state index in [1.54, 1.807) is 0 Å². The van der Waals surface area contributed by atoms with E-state index in [-0.39, 0.29) is 0 Å². The number of ether oxygens (including phenoxy) is 1. The van der Waals surface area contributed by atoms with Crippen molar-refractivity contribution in [3.8, 4) is 0 Å². The van der Waals surface area contributed by atoms with Crippen LogP contribution in [0.4, 0.5) is 4.79 Å². The minimum absolute atomic E-state index is 0.379. The maximum atomic E-state index is 11.1. The van der Waals surface area contributed by atoms with E-state index in [2.05, 4.69) is 16.4 Å². The summed E-state index contributed by atoms with van der Waals surface area (Å²) in [6.07, 6.45) is 1.37. The second-order valence-corrected chi connectivity index (χ2v) is 3.70. The van der Waals surface area contributed by atoms with Gasteiger partial charge in [0.05, 0.1) is 6.61 Å². The highest BCUT2D eigenvalue weighted by molar-refractivity contribution is 5.81. The van der Waals surface area contributed by atoms with Crippen molar-refractivity contribution < 1.29 is 33.9 Å². The van der Waals surface area contributed by atoms with Crippen LogP contribution in [0.15, 0.2) is 12.7 Å². The molecule has 0 amide bonds. The third kappa shape index (κ3) is 8.54. The van der Waals surface area contributed by atoms with E-state index in [1.807, 2.05) is 6.92 Å². The Bertz CT molecular complexity index is 285. The first-order chi connectivity index (χ1) is 8.41. The number of rotatable bonds is 7. The molecular weight excluding hydrogens is 244 g/mol. The highest BCUT2D eigenvalue weighted by Gasteiger charge is 2.27. The van der Waals surface area contributed by atoms with Gasteiger partial charge in [-0.05, 0) is 6.42 Å². The van der Waals surface area contributed by atoms with Gasteiger partial charge in [-0.2, -0.15) is 9.68 Å². The van der Waals surface area contributed by atoms with Crippen LogP contribution < -0.4 is 0 Å². The Morgan fingerprint density at radius 3 is 2.50 bits per heavy atom. The van der Waals surface area contributed by atoms with E-state index in [1.165, 1.54) is 13.8 Å². The lowest BCUT2D eigenvalue weighted by molar-refractivity contribution is -0.411. The molecule has 0 aliphatic heterocycles. The van der Waals surface area contributed by atoms with Gasteiger partial charge in [0.25, 0.3) is 0 Å². The van der Waals surface area contributed by atoms with Crippen molar-refractivity contribution in [1.29, 1.82) is 0 Å². The molecule has 0 aliphatic rings. The fourth-order valence-corrected chi connectivity index (χ4v) is 0.731. The third-order valence-corrected chi connectivity index (χ3v) is 1.53. The molecule has 0 spiro atoms. The van der Waals surface area contributed by atoms with Crippen LogP contribution >= 0.6 is 0 Å². The lowest BCUT2D eigenvalue weighted by atomic mass is 10.4. The SMILES string of the molecule is C=CC(=O)OOC(=O)OC(C)(C)OOCCCC. The summed E-state index contributed by atoms with van der Waals surface area (Å²) in [5.41, 5.74) is 0. The molecule has 0 aromatic heterocycles. The van der Waals surface area contributed by atoms with Crippen LogP contribution in [0, 0.1) is 0 Å². The van der Waals surface area contributed by atoms with Crippen LogP contribution in [-0.2, 0) is 29.1 Å². The molecule has 0 unspecified atom stereocenters. The van der Waals surface area contributed by atoms with Crippen LogP contribution in [0.25, 0.3) is 0 Å². The second-order valence-electron chi connectivity index (χ2n) is 3.70. The highest BCUT2D eigenvalue weighted by Crippen LogP contribution is 2.13. The molecule has 0 saturated heterocycles. The maximum Gasteiger partial charge on any atom is 0.552 e. The minimum Gasteiger partial charge on any atom is -0.397 e. The van der Waals surface area contributed by atoms with Gasteiger partial charge in [-0.3, -0.25) is 0 Å². The quantitative estimate of drug-likeness (QED) is 0.174. The zero-order valence-electron chi connectivity index (χ0n) is 10.8. The molecule has 104 valence electrons. The largest absolute Gasteiger partial charge is 0.552 e. The lowest BCUT2D eigenvalue weighted by Crippen LogP contribution is -2.32. The maximum absolute atomic E-state index is 11.1. The van der Waals surface area contributed by atoms with Crippen LogP contribution in [0.2, 0.25) is 0 Å². The summed E-state index contributed by atoms with van der Waals surface area (Å²) in [5.74, 6) is -2.27. The van der Waals surface area contributed by atoms with Gasteiger partial charge < -0.3 is 4.74 Å². The molecule has 18 heavy (non-hydrogen) atoms. The zero-order valence-corrected chi connectivity index (χ0v) is 10.8. The van der Waals surface area contributed by atoms with Crippen molar-refractivity contribution in [3.63, 3.8) is 0 Å². The van der Waals surface area contributed by atoms with Crippen LogP contribution in [0.1, 0.15) is 33.6 Å². The normalized spacial score (nSPS) is 10.6. The molecule has 0 aliphatic carbocycles. The zero-order chi connectivity index (χ0) is 14.0. The average molecular weight is 262 g/mol. The third-order valence-electron chi connectivity index (χ3n) is 1.53. The molecular formula is C11H18O7. The summed E-state index contributed by atoms with van der Waals surface area (Å²) in [4.78, 5) is 39.4. The molecule has 0 fully saturated rings. The molecule has 0 heterocycles. The van der Waals surface area contributed by atoms with Gasteiger partial charge >= 0.3 is 12.1 Å². The van der Waals surface area contributed by atoms with Gasteiger partial charge in [-0.25, -0.2) is 19.5 Å². The number of hydrogen-bond acceptors (Lipinski definition) is 7. The number of carbonyl (C=O) groups is 2. The van der Waals surface area contributed by atoms with Crippen LogP contribution in [0.3, 0.4) is 0 Å². The molecule has 0 saturated carbocycles. The summed E-state index contributed by atoms with van der Waals surface area (Å²) in [6, 6.07) is 0. The van der Waals surface area contributed by atoms with Crippen molar-refractivity contribution in [2.45, 2.75) is 39.4 Å². The fourth-order valence-electron chi connectivity index (χ4n) is 0.731. The number of carbonyl (C=O) groups excluding carboxylic acids is 2. The molecule has 0 N–H and O–H groups in total. The van der Waals surface area contributed by atoms with Gasteiger partial charge in [-0.1, -0.05) is 19.9 Å². The number of unbranched alkanes of at least 4 members (excludes halogenated alkanes) is 1. The standard InChI is InChI=1S/C11H18O7/c1-5-7-8-14-18-11(3,4)15-10(13)17-16-9(12)6-2/h6H,2,5,7-8H2,1,3-4H3. The average Bonchev–Trinajstić information content (AvgIpc) is 2.31. The van der Waals surface area contributed by atoms with Crippen molar-refractivity contribution in [1.82, 2.24) is 0 Å². The molecule has 0 aromatic rings. The Hall–Kier alpha value is -1.60. The van der Waals surface area contributed by atoms with Crippen LogP contribution in [-0.4, -0.2) is 24.5 Å². The molecule has 7 heteroatoms. The second kappa shape index (κ2) is 8.48. The van der Waals surface area contributed by atoms with E-state index in [0.29, 0.717) is 6.61 Å². The van der Waals surface area contributed by atoms with Crippen molar-refractivity contribution in [2.75, 3.05) is 6.61 Å². The van der Waals surface area contributed by atoms with Gasteiger partial charge in [0, 0.05) is 19.9 Å². The predicted octanol–water partition coefficient (Wildman–Crippen LogP) is 2.27. The van der Waals surface area contributed by atoms with Gasteiger partial charge in [0.15, 0.2) is 0 Å². The Labute approximate surface area is 105 Å². The first-order valence-corrected chi connectivity index (χ1v) is 5.45. The van der Waals surface area contributed by atoms with E-state index in [9.17, 15) is 9.59 Å². The fraction of sp³-hybridized carbons (Fsp3) is 0.636. The monoisotopic (exact) mass is 262 g/mol. The smallest absolute Gasteiger partial charge is 0.397 e. The molecule has 7 nitrogen and oxygen atoms in total. The summed E-state index contributed by atoms with van der Waals surface area (Å²) in [6.45, 7) is 8.37. The summed E-state index contributed by atoms with van der Waals surface area (Å²) < 4.78 is 4.69. The van der Waals surface area contributed by atoms with E-state index in [4.69, 9.17) is 14.5 Å². The first-order valence-electron chi connectivity index (χ1n) is 5.45. The predicted molar refractivity (Wildman–Crippen MR) is 59.9 cm³/mol. The van der Waals surface area contributed by atoms with Gasteiger partial charge in [0.1, 0.15) is 0 Å². The summed E-state index contributed by atoms with van der Waals surface area (Å²) >= 11 is 0. The van der Waals surface area contributed by atoms with Crippen LogP contribution in [0.5, 0.6) is 0 Å². The Morgan fingerprint density at radius 2 is 1.94 bits per heavy atom. The Kier molecular flexibility index (Phi) is 7.73. The molecule has 0 radical (unpaired) electrons. The van der Waals surface area contributed by atoms with E-state index < -0.39 is 17.9 Å². The lowest BCUT2D eigenvalue weighted by Gasteiger charge is -2.22. The topological polar surface area (TPSA) is 80.3 Å². The molecule has 0 rings (SSSR count). The van der Waals surface area contributed by atoms with Crippen molar-refractivity contribution in [3.05, 3.63) is 12.7 Å². The highest BCUT2D eigenvalue weighted by atomic mass is 17.3. The summed E-state index contributed by atoms with van der Waals surface area (Å²) in [5, 5.41) is 0. The van der Waals surface area contributed by atoms with Gasteiger partial charge in [0.2, 0.25) is 5.79 Å². The molecule has 0 aromatic carbocycles. The summed E-state index contributed by atoms with van der Waals surface area (Å²) in [7, 11) is 0. The first kappa shape index (κ1) is 16.4. The van der Waals surface area contributed by atoms with E-state index >= 15 is 0 Å². The van der Waals surface area contributed by atoms with Gasteiger partial charge in [-0.15, -0.1) is 0 Å². The molecule has 0 bridgehead atoms.